The summed E-state index contributed by atoms with van der Waals surface area (Å²) in [5, 5.41) is 0. The SMILES string of the molecule is C[Si](C)(C)O[Si](C)(C)O[Si](C)(C)O[Si](C)(C)O[Si](C)(C)O[Si](C)(C)O[Si](C)(C)O[Si](C)(C)C.C[Si](C)(C)O[Si](CCC[Si](C)(C)O[Si](O[Si](C)(C)C)(O[Si](C)(C)C)O[Si](C)(C)CC[Si](O[Si](C)(C)C)(O[Si](C)(C)C)O[Si](C)(C)C)(O[Si](C)(C)C)O[Si](C)(C)C. The lowest BCUT2D eigenvalue weighted by molar-refractivity contribution is 0.146. The van der Waals surface area contributed by atoms with Gasteiger partial charge in [0.2, 0.25) is 0 Å². The molecule has 0 fully saturated rings. The van der Waals surface area contributed by atoms with Gasteiger partial charge in [-0.3, -0.25) is 0 Å². The standard InChI is InChI=1S/C33H94O10Si13.C18H54O7Si8/c1-44(2,3)34-54(35-45(4,5)6,36-46(7,8)9)31-29-30-52(25,26)42-56(40-50(19,20)21,41-51(22,23)24)43-53(27,28)32-33-55(37-47(10,11)12,38-48(13,14)15)39-49(16,17)18;1-26(2,3)19-28(7,8)21-30(11,12)23-32(15,16)25-33(17,18)24-31(13,14)22-29(9,10)20-27(4,5)6/h29-33H2,1-28H3;1-18H3. The summed E-state index contributed by atoms with van der Waals surface area (Å²) >= 11 is 0. The monoisotopic (exact) mass is 1620 g/mol. The Morgan fingerprint density at radius 2 is 0.315 bits per heavy atom. The van der Waals surface area contributed by atoms with Crippen molar-refractivity contribution >= 4 is 178 Å². The number of rotatable bonds is 41. The average molecular weight is 1620 g/mol. The Labute approximate surface area is 574 Å². The van der Waals surface area contributed by atoms with Crippen molar-refractivity contribution in [3.8, 4) is 0 Å². The second-order valence-electron chi connectivity index (χ2n) is 38.0. The molecule has 0 amide bonds. The van der Waals surface area contributed by atoms with Crippen LogP contribution in [0.5, 0.6) is 0 Å². The van der Waals surface area contributed by atoms with Crippen LogP contribution in [0, 0.1) is 0 Å². The van der Waals surface area contributed by atoms with Crippen LogP contribution in [0.4, 0.5) is 0 Å². The minimum atomic E-state index is -3.68. The molecular weight excluding hydrogens is 1470 g/mol. The van der Waals surface area contributed by atoms with Crippen molar-refractivity contribution < 1.29 is 70.0 Å². The van der Waals surface area contributed by atoms with E-state index >= 15 is 0 Å². The minimum Gasteiger partial charge on any atom is -0.437 e. The smallest absolute Gasteiger partial charge is 0.437 e. The van der Waals surface area contributed by atoms with Crippen molar-refractivity contribution in [3.05, 3.63) is 0 Å². The first-order valence-corrected chi connectivity index (χ1v) is 95.6. The first-order valence-electron chi connectivity index (χ1n) is 32.9. The van der Waals surface area contributed by atoms with E-state index in [9.17, 15) is 0 Å². The molecule has 0 aliphatic heterocycles. The summed E-state index contributed by atoms with van der Waals surface area (Å²) in [5.74, 6) is 0. The fraction of sp³-hybridized carbons (Fsp3) is 1.00. The van der Waals surface area contributed by atoms with Gasteiger partial charge in [0.1, 0.15) is 0 Å². The summed E-state index contributed by atoms with van der Waals surface area (Å²) in [6, 6.07) is 3.18. The van der Waals surface area contributed by atoms with E-state index in [4.69, 9.17) is 70.0 Å². The molecule has 0 spiro atoms. The van der Waals surface area contributed by atoms with Crippen LogP contribution in [0.1, 0.15) is 6.42 Å². The van der Waals surface area contributed by atoms with E-state index in [0.717, 1.165) is 24.6 Å². The van der Waals surface area contributed by atoms with Crippen LogP contribution in [0.25, 0.3) is 0 Å². The molecule has 0 aliphatic carbocycles. The second kappa shape index (κ2) is 32.9. The Hall–Kier alpha value is 3.87. The Kier molecular flexibility index (Phi) is 35.1. The van der Waals surface area contributed by atoms with Crippen LogP contribution in [0.3, 0.4) is 0 Å². The Morgan fingerprint density at radius 3 is 0.506 bits per heavy atom. The third-order valence-electron chi connectivity index (χ3n) is 10.3. The molecule has 38 heteroatoms. The van der Waals surface area contributed by atoms with E-state index in [1.165, 1.54) is 0 Å². The topological polar surface area (TPSA) is 157 Å². The molecule has 89 heavy (non-hydrogen) atoms. The van der Waals surface area contributed by atoms with Crippen LogP contribution in [0.15, 0.2) is 0 Å². The molecule has 0 aliphatic rings. The van der Waals surface area contributed by atoms with E-state index in [1.807, 2.05) is 0 Å². The van der Waals surface area contributed by atoms with Gasteiger partial charge in [-0.15, -0.1) is 0 Å². The maximum absolute atomic E-state index is 7.50. The van der Waals surface area contributed by atoms with E-state index in [1.54, 1.807) is 0 Å². The Balaban J connectivity index is 0. The highest BCUT2D eigenvalue weighted by Crippen LogP contribution is 2.39. The summed E-state index contributed by atoms with van der Waals surface area (Å²) in [5.41, 5.74) is 0. The lowest BCUT2D eigenvalue weighted by Gasteiger charge is -2.46. The molecule has 0 aromatic carbocycles. The molecule has 0 saturated heterocycles. The molecule has 0 bridgehead atoms. The van der Waals surface area contributed by atoms with Crippen LogP contribution in [0.2, 0.25) is 325 Å². The van der Waals surface area contributed by atoms with Crippen LogP contribution in [-0.2, 0) is 70.0 Å². The van der Waals surface area contributed by atoms with Crippen molar-refractivity contribution in [3.63, 3.8) is 0 Å². The normalized spacial score (nSPS) is 15.8. The summed E-state index contributed by atoms with van der Waals surface area (Å²) in [6.07, 6.45) is 0.889. The van der Waals surface area contributed by atoms with Gasteiger partial charge < -0.3 is 70.0 Å². The fourth-order valence-corrected chi connectivity index (χ4v) is 98.6. The van der Waals surface area contributed by atoms with Crippen LogP contribution in [-0.4, -0.2) is 178 Å². The highest BCUT2D eigenvalue weighted by Gasteiger charge is 2.60. The Bertz CT molecular complexity index is 1970. The molecule has 0 saturated carbocycles. The van der Waals surface area contributed by atoms with Gasteiger partial charge in [-0.2, -0.15) is 0 Å². The van der Waals surface area contributed by atoms with E-state index in [0.29, 0.717) is 6.04 Å². The van der Waals surface area contributed by atoms with Crippen molar-refractivity contribution in [1.29, 1.82) is 0 Å². The molecule has 17 nitrogen and oxygen atoms in total. The van der Waals surface area contributed by atoms with Gasteiger partial charge in [0.15, 0.2) is 99.8 Å². The zero-order chi connectivity index (χ0) is 72.1. The lowest BCUT2D eigenvalue weighted by atomic mass is 10.6. The molecule has 0 heterocycles. The quantitative estimate of drug-likeness (QED) is 0.0532. The molecule has 0 aromatic rings. The molecule has 538 valence electrons. The van der Waals surface area contributed by atoms with Crippen LogP contribution >= 0.6 is 0 Å². The van der Waals surface area contributed by atoms with Gasteiger partial charge in [0, 0.05) is 12.1 Å². The zero-order valence-electron chi connectivity index (χ0n) is 67.0. The van der Waals surface area contributed by atoms with Gasteiger partial charge in [-0.05, 0) is 320 Å². The van der Waals surface area contributed by atoms with Gasteiger partial charge in [0.05, 0.1) is 0 Å². The van der Waals surface area contributed by atoms with Crippen molar-refractivity contribution in [2.24, 2.45) is 0 Å². The fourth-order valence-electron chi connectivity index (χ4n) is 10.6. The zero-order valence-corrected chi connectivity index (χ0v) is 88.0. The molecular formula is C51H148O17Si21. The maximum Gasteiger partial charge on any atom is 0.636 e. The minimum absolute atomic E-state index is 0.716. The molecule has 0 unspecified atom stereocenters. The summed E-state index contributed by atoms with van der Waals surface area (Å²) < 4.78 is 117. The van der Waals surface area contributed by atoms with Gasteiger partial charge in [0.25, 0.3) is 0 Å². The maximum atomic E-state index is 7.50. The largest absolute Gasteiger partial charge is 0.636 e. The lowest BCUT2D eigenvalue weighted by Crippen LogP contribution is -2.66. The first-order chi connectivity index (χ1) is 37.9. The third-order valence-corrected chi connectivity index (χ3v) is 79.6. The molecule has 0 N–H and O–H groups in total. The van der Waals surface area contributed by atoms with E-state index in [2.05, 4.69) is 301 Å². The Morgan fingerprint density at radius 1 is 0.146 bits per heavy atom. The highest BCUT2D eigenvalue weighted by molar-refractivity contribution is 6.96. The van der Waals surface area contributed by atoms with E-state index < -0.39 is 178 Å². The molecule has 0 aromatic heterocycles. The molecule has 0 rings (SSSR count). The third kappa shape index (κ3) is 50.8. The van der Waals surface area contributed by atoms with Gasteiger partial charge >= 0.3 is 78.0 Å². The highest BCUT2D eigenvalue weighted by atomic mass is 28.6. The summed E-state index contributed by atoms with van der Waals surface area (Å²) in [6.45, 7) is 101. The first kappa shape index (κ1) is 94.9. The van der Waals surface area contributed by atoms with Gasteiger partial charge in [-0.25, -0.2) is 0 Å². The average Bonchev–Trinajstić information content (AvgIpc) is 3.02. The predicted molar refractivity (Wildman–Crippen MR) is 433 cm³/mol. The van der Waals surface area contributed by atoms with Crippen molar-refractivity contribution in [2.45, 2.75) is 332 Å². The predicted octanol–water partition coefficient (Wildman–Crippen LogP) is 19.9. The summed E-state index contributed by atoms with van der Waals surface area (Å²) in [4.78, 5) is 0. The molecule has 0 radical (unpaired) electrons. The van der Waals surface area contributed by atoms with Gasteiger partial charge in [-0.1, -0.05) is 0 Å². The van der Waals surface area contributed by atoms with E-state index in [-0.39, 0.29) is 0 Å². The van der Waals surface area contributed by atoms with Crippen LogP contribution < -0.4 is 0 Å². The van der Waals surface area contributed by atoms with Crippen molar-refractivity contribution in [1.82, 2.24) is 0 Å². The molecule has 0 atom stereocenters. The summed E-state index contributed by atoms with van der Waals surface area (Å²) in [7, 11) is -49.2. The number of hydrogen-bond acceptors (Lipinski definition) is 17. The second-order valence-corrected chi connectivity index (χ2v) is 124. The number of hydrogen-bond donors (Lipinski definition) is 0. The van der Waals surface area contributed by atoms with Crippen molar-refractivity contribution in [2.75, 3.05) is 0 Å².